The zero-order valence-electron chi connectivity index (χ0n) is 13.2. The first-order chi connectivity index (χ1) is 9.17. The maximum absolute atomic E-state index is 11.6. The third-order valence-electron chi connectivity index (χ3n) is 3.46. The van der Waals surface area contributed by atoms with Crippen molar-refractivity contribution in [2.75, 3.05) is 7.11 Å². The summed E-state index contributed by atoms with van der Waals surface area (Å²) in [5.74, 6) is 0.417. The van der Waals surface area contributed by atoms with Crippen LogP contribution in [0.1, 0.15) is 37.0 Å². The number of carbonyl (C=O) groups is 1. The highest BCUT2D eigenvalue weighted by atomic mass is 16.5. The van der Waals surface area contributed by atoms with E-state index in [9.17, 15) is 4.79 Å². The molecule has 1 aromatic rings. The molecule has 20 heavy (non-hydrogen) atoms. The quantitative estimate of drug-likeness (QED) is 0.842. The molecule has 1 rings (SSSR count). The van der Waals surface area contributed by atoms with E-state index < -0.39 is 11.5 Å². The van der Waals surface area contributed by atoms with Crippen molar-refractivity contribution in [3.8, 4) is 5.75 Å². The van der Waals surface area contributed by atoms with Crippen molar-refractivity contribution in [1.29, 1.82) is 0 Å². The van der Waals surface area contributed by atoms with Crippen molar-refractivity contribution < 1.29 is 14.3 Å². The van der Waals surface area contributed by atoms with E-state index in [1.54, 1.807) is 6.92 Å². The van der Waals surface area contributed by atoms with E-state index in [0.717, 1.165) is 16.9 Å². The summed E-state index contributed by atoms with van der Waals surface area (Å²) in [5, 5.41) is 0. The molecule has 1 aromatic carbocycles. The molecule has 0 bridgehead atoms. The fourth-order valence-corrected chi connectivity index (χ4v) is 2.30. The molecular formula is C16H25NO3. The predicted molar refractivity (Wildman–Crippen MR) is 80.0 cm³/mol. The van der Waals surface area contributed by atoms with Gasteiger partial charge < -0.3 is 15.2 Å². The molecule has 0 amide bonds. The summed E-state index contributed by atoms with van der Waals surface area (Å²) in [7, 11) is 1.34. The van der Waals surface area contributed by atoms with Gasteiger partial charge in [0, 0.05) is 6.42 Å². The number of nitrogens with two attached hydrogens (primary N) is 1. The molecule has 0 heterocycles. The van der Waals surface area contributed by atoms with E-state index in [2.05, 4.69) is 13.0 Å². The molecule has 0 radical (unpaired) electrons. The number of carbonyl (C=O) groups excluding carboxylic acids is 1. The number of ether oxygens (including phenoxy) is 2. The second kappa shape index (κ2) is 6.27. The highest BCUT2D eigenvalue weighted by Crippen LogP contribution is 2.26. The zero-order chi connectivity index (χ0) is 15.5. The summed E-state index contributed by atoms with van der Waals surface area (Å²) in [5.41, 5.74) is 8.38. The van der Waals surface area contributed by atoms with Crippen LogP contribution >= 0.6 is 0 Å². The number of esters is 1. The lowest BCUT2D eigenvalue weighted by Gasteiger charge is -2.26. The van der Waals surface area contributed by atoms with Crippen molar-refractivity contribution in [2.24, 2.45) is 5.73 Å². The minimum atomic E-state index is -1.04. The van der Waals surface area contributed by atoms with Crippen LogP contribution in [0, 0.1) is 20.8 Å². The van der Waals surface area contributed by atoms with Crippen LogP contribution in [-0.2, 0) is 9.53 Å². The lowest BCUT2D eigenvalue weighted by atomic mass is 9.96. The van der Waals surface area contributed by atoms with Gasteiger partial charge in [-0.05, 0) is 57.4 Å². The first-order valence-corrected chi connectivity index (χ1v) is 6.79. The van der Waals surface area contributed by atoms with Crippen molar-refractivity contribution in [1.82, 2.24) is 0 Å². The molecule has 0 saturated carbocycles. The average molecular weight is 279 g/mol. The van der Waals surface area contributed by atoms with E-state index in [-0.39, 0.29) is 6.10 Å². The second-order valence-electron chi connectivity index (χ2n) is 5.75. The summed E-state index contributed by atoms with van der Waals surface area (Å²) < 4.78 is 10.7. The van der Waals surface area contributed by atoms with Crippen LogP contribution in [0.4, 0.5) is 0 Å². The monoisotopic (exact) mass is 279 g/mol. The number of rotatable bonds is 5. The van der Waals surface area contributed by atoms with E-state index >= 15 is 0 Å². The van der Waals surface area contributed by atoms with Crippen LogP contribution in [0.15, 0.2) is 12.1 Å². The molecule has 0 saturated heterocycles. The molecular weight excluding hydrogens is 254 g/mol. The Kier molecular flexibility index (Phi) is 5.17. The third-order valence-corrected chi connectivity index (χ3v) is 3.46. The Morgan fingerprint density at radius 3 is 2.50 bits per heavy atom. The minimum Gasteiger partial charge on any atom is -0.490 e. The van der Waals surface area contributed by atoms with Gasteiger partial charge in [-0.3, -0.25) is 4.79 Å². The van der Waals surface area contributed by atoms with E-state index in [0.29, 0.717) is 6.42 Å². The van der Waals surface area contributed by atoms with Gasteiger partial charge in [0.25, 0.3) is 0 Å². The zero-order valence-corrected chi connectivity index (χ0v) is 13.2. The molecule has 0 spiro atoms. The van der Waals surface area contributed by atoms with Gasteiger partial charge >= 0.3 is 5.97 Å². The van der Waals surface area contributed by atoms with Gasteiger partial charge in [-0.2, -0.15) is 0 Å². The van der Waals surface area contributed by atoms with Crippen LogP contribution < -0.4 is 10.5 Å². The summed E-state index contributed by atoms with van der Waals surface area (Å²) >= 11 is 0. The van der Waals surface area contributed by atoms with Crippen molar-refractivity contribution in [3.63, 3.8) is 0 Å². The minimum absolute atomic E-state index is 0.177. The molecule has 0 aromatic heterocycles. The summed E-state index contributed by atoms with van der Waals surface area (Å²) in [4.78, 5) is 11.6. The lowest BCUT2D eigenvalue weighted by molar-refractivity contribution is -0.147. The highest BCUT2D eigenvalue weighted by Gasteiger charge is 2.32. The Morgan fingerprint density at radius 2 is 1.95 bits per heavy atom. The standard InChI is InChI=1S/C16H25NO3/c1-10-7-11(2)13(4)14(8-10)20-12(3)9-16(5,17)15(18)19-6/h7-8,12H,9,17H2,1-6H3. The maximum Gasteiger partial charge on any atom is 0.325 e. The van der Waals surface area contributed by atoms with Gasteiger partial charge in [-0.15, -0.1) is 0 Å². The maximum atomic E-state index is 11.6. The van der Waals surface area contributed by atoms with Gasteiger partial charge in [0.2, 0.25) is 0 Å². The number of aryl methyl sites for hydroxylation is 2. The molecule has 4 heteroatoms. The molecule has 0 aliphatic heterocycles. The first-order valence-electron chi connectivity index (χ1n) is 6.79. The molecule has 2 unspecified atom stereocenters. The third kappa shape index (κ3) is 3.97. The van der Waals surface area contributed by atoms with Crippen LogP contribution in [0.2, 0.25) is 0 Å². The number of benzene rings is 1. The van der Waals surface area contributed by atoms with Crippen LogP contribution in [0.3, 0.4) is 0 Å². The predicted octanol–water partition coefficient (Wildman–Crippen LogP) is 2.66. The second-order valence-corrected chi connectivity index (χ2v) is 5.75. The Morgan fingerprint density at radius 1 is 1.35 bits per heavy atom. The SMILES string of the molecule is COC(=O)C(C)(N)CC(C)Oc1cc(C)cc(C)c1C. The van der Waals surface area contributed by atoms with Gasteiger partial charge in [0.05, 0.1) is 13.2 Å². The molecule has 4 nitrogen and oxygen atoms in total. The summed E-state index contributed by atoms with van der Waals surface area (Å²) in [6.07, 6.45) is 0.218. The smallest absolute Gasteiger partial charge is 0.325 e. The van der Waals surface area contributed by atoms with Crippen molar-refractivity contribution in [3.05, 3.63) is 28.8 Å². The highest BCUT2D eigenvalue weighted by molar-refractivity contribution is 5.79. The van der Waals surface area contributed by atoms with Gasteiger partial charge in [-0.25, -0.2) is 0 Å². The molecule has 2 N–H and O–H groups in total. The molecule has 0 aliphatic rings. The lowest BCUT2D eigenvalue weighted by Crippen LogP contribution is -2.48. The summed E-state index contributed by atoms with van der Waals surface area (Å²) in [6, 6.07) is 4.12. The van der Waals surface area contributed by atoms with Gasteiger partial charge in [-0.1, -0.05) is 6.07 Å². The molecule has 0 fully saturated rings. The Bertz CT molecular complexity index is 495. The van der Waals surface area contributed by atoms with Gasteiger partial charge in [0.15, 0.2) is 0 Å². The van der Waals surface area contributed by atoms with Crippen LogP contribution in [-0.4, -0.2) is 24.7 Å². The normalized spacial score (nSPS) is 15.3. The van der Waals surface area contributed by atoms with E-state index in [1.807, 2.05) is 26.8 Å². The molecule has 112 valence electrons. The Balaban J connectivity index is 2.82. The van der Waals surface area contributed by atoms with Crippen LogP contribution in [0.5, 0.6) is 5.75 Å². The fourth-order valence-electron chi connectivity index (χ4n) is 2.30. The van der Waals surface area contributed by atoms with Crippen LogP contribution in [0.25, 0.3) is 0 Å². The first kappa shape index (κ1) is 16.5. The summed E-state index contributed by atoms with van der Waals surface area (Å²) in [6.45, 7) is 9.68. The van der Waals surface area contributed by atoms with Crippen molar-refractivity contribution in [2.45, 2.75) is 52.7 Å². The topological polar surface area (TPSA) is 61.5 Å². The molecule has 2 atom stereocenters. The Hall–Kier alpha value is -1.55. The number of hydrogen-bond donors (Lipinski definition) is 1. The average Bonchev–Trinajstić information content (AvgIpc) is 2.33. The van der Waals surface area contributed by atoms with Crippen molar-refractivity contribution >= 4 is 5.97 Å². The molecule has 0 aliphatic carbocycles. The number of methoxy groups -OCH3 is 1. The Labute approximate surface area is 121 Å². The fraction of sp³-hybridized carbons (Fsp3) is 0.562. The van der Waals surface area contributed by atoms with E-state index in [4.69, 9.17) is 15.2 Å². The number of hydrogen-bond acceptors (Lipinski definition) is 4. The van der Waals surface area contributed by atoms with Gasteiger partial charge in [0.1, 0.15) is 11.3 Å². The van der Waals surface area contributed by atoms with E-state index in [1.165, 1.54) is 12.7 Å². The largest absolute Gasteiger partial charge is 0.490 e.